The number of ether oxygens (including phenoxy) is 2. The van der Waals surface area contributed by atoms with Gasteiger partial charge in [-0.2, -0.15) is 0 Å². The highest BCUT2D eigenvalue weighted by atomic mass is 16.5. The third-order valence-corrected chi connectivity index (χ3v) is 5.41. The Hall–Kier alpha value is -4.06. The van der Waals surface area contributed by atoms with Crippen LogP contribution in [0.1, 0.15) is 29.0 Å². The number of carbonyl (C=O) groups excluding carboxylic acids is 1. The molecule has 0 radical (unpaired) electrons. The van der Waals surface area contributed by atoms with Crippen molar-refractivity contribution in [3.8, 4) is 22.8 Å². The Morgan fingerprint density at radius 3 is 2.53 bits per heavy atom. The van der Waals surface area contributed by atoms with Crippen molar-refractivity contribution < 1.29 is 18.7 Å². The van der Waals surface area contributed by atoms with Crippen molar-refractivity contribution in [3.63, 3.8) is 0 Å². The molecule has 3 aromatic carbocycles. The van der Waals surface area contributed by atoms with Crippen molar-refractivity contribution in [1.82, 2.24) is 10.3 Å². The van der Waals surface area contributed by atoms with E-state index in [2.05, 4.69) is 10.3 Å². The monoisotopic (exact) mass is 456 g/mol. The Morgan fingerprint density at radius 2 is 1.76 bits per heavy atom. The average Bonchev–Trinajstić information content (AvgIpc) is 3.35. The number of hydrogen-bond acceptors (Lipinski definition) is 5. The van der Waals surface area contributed by atoms with Crippen LogP contribution in [0.4, 0.5) is 0 Å². The predicted molar refractivity (Wildman–Crippen MR) is 131 cm³/mol. The molecule has 0 aliphatic carbocycles. The highest BCUT2D eigenvalue weighted by Gasteiger charge is 2.11. The summed E-state index contributed by atoms with van der Waals surface area (Å²) >= 11 is 0. The molecule has 1 amide bonds. The van der Waals surface area contributed by atoms with Crippen LogP contribution in [0, 0.1) is 6.92 Å². The van der Waals surface area contributed by atoms with Gasteiger partial charge in [-0.15, -0.1) is 0 Å². The molecular weight excluding hydrogens is 428 g/mol. The Morgan fingerprint density at radius 1 is 0.971 bits per heavy atom. The van der Waals surface area contributed by atoms with Crippen LogP contribution < -0.4 is 14.8 Å². The first-order valence-corrected chi connectivity index (χ1v) is 11.2. The number of oxazole rings is 1. The summed E-state index contributed by atoms with van der Waals surface area (Å²) in [5.41, 5.74) is 4.17. The van der Waals surface area contributed by atoms with Crippen molar-refractivity contribution >= 4 is 5.91 Å². The molecule has 174 valence electrons. The molecule has 0 aliphatic rings. The second-order valence-electron chi connectivity index (χ2n) is 8.02. The largest absolute Gasteiger partial charge is 0.493 e. The highest BCUT2D eigenvalue weighted by Crippen LogP contribution is 2.29. The number of carbonyl (C=O) groups is 1. The second kappa shape index (κ2) is 11.2. The smallest absolute Gasteiger partial charge is 0.220 e. The van der Waals surface area contributed by atoms with E-state index < -0.39 is 0 Å². The van der Waals surface area contributed by atoms with Crippen LogP contribution in [-0.4, -0.2) is 18.0 Å². The number of nitrogens with zero attached hydrogens (tertiary/aromatic N) is 1. The molecular formula is C28H28N2O4. The summed E-state index contributed by atoms with van der Waals surface area (Å²) < 4.78 is 17.2. The van der Waals surface area contributed by atoms with Crippen LogP contribution in [0.25, 0.3) is 11.3 Å². The van der Waals surface area contributed by atoms with E-state index in [-0.39, 0.29) is 5.91 Å². The molecule has 0 bridgehead atoms. The number of benzene rings is 3. The lowest BCUT2D eigenvalue weighted by Gasteiger charge is -2.13. The summed E-state index contributed by atoms with van der Waals surface area (Å²) in [6, 6.07) is 23.7. The summed E-state index contributed by atoms with van der Waals surface area (Å²) in [7, 11) is 1.61. The highest BCUT2D eigenvalue weighted by molar-refractivity contribution is 5.76. The van der Waals surface area contributed by atoms with Gasteiger partial charge >= 0.3 is 0 Å². The minimum Gasteiger partial charge on any atom is -0.493 e. The SMILES string of the molecule is COc1cc(CNC(=O)CCc2ncc(-c3ccc(C)cc3)o2)ccc1OCc1ccccc1. The van der Waals surface area contributed by atoms with Gasteiger partial charge in [-0.25, -0.2) is 4.98 Å². The molecule has 34 heavy (non-hydrogen) atoms. The molecule has 0 spiro atoms. The Labute approximate surface area is 199 Å². The Bertz CT molecular complexity index is 1220. The van der Waals surface area contributed by atoms with Gasteiger partial charge in [0.25, 0.3) is 0 Å². The molecule has 0 unspecified atom stereocenters. The predicted octanol–water partition coefficient (Wildman–Crippen LogP) is 5.49. The lowest BCUT2D eigenvalue weighted by Crippen LogP contribution is -2.23. The summed E-state index contributed by atoms with van der Waals surface area (Å²) in [6.07, 6.45) is 2.43. The van der Waals surface area contributed by atoms with E-state index in [1.165, 1.54) is 5.56 Å². The number of aromatic nitrogens is 1. The topological polar surface area (TPSA) is 73.6 Å². The molecule has 4 aromatic rings. The van der Waals surface area contributed by atoms with Gasteiger partial charge in [0, 0.05) is 24.9 Å². The molecule has 4 rings (SSSR count). The van der Waals surface area contributed by atoms with Gasteiger partial charge in [0.2, 0.25) is 5.91 Å². The van der Waals surface area contributed by atoms with Crippen LogP contribution in [0.2, 0.25) is 0 Å². The summed E-state index contributed by atoms with van der Waals surface area (Å²) in [6.45, 7) is 2.90. The molecule has 0 saturated heterocycles. The number of hydrogen-bond donors (Lipinski definition) is 1. The number of rotatable bonds is 10. The van der Waals surface area contributed by atoms with Crippen molar-refractivity contribution in [2.45, 2.75) is 32.9 Å². The zero-order valence-electron chi connectivity index (χ0n) is 19.4. The lowest BCUT2D eigenvalue weighted by atomic mass is 10.1. The average molecular weight is 457 g/mol. The zero-order valence-corrected chi connectivity index (χ0v) is 19.4. The van der Waals surface area contributed by atoms with E-state index in [0.29, 0.717) is 49.1 Å². The number of methoxy groups -OCH3 is 1. The zero-order chi connectivity index (χ0) is 23.8. The molecule has 1 heterocycles. The van der Waals surface area contributed by atoms with Crippen molar-refractivity contribution in [2.24, 2.45) is 0 Å². The van der Waals surface area contributed by atoms with Crippen LogP contribution >= 0.6 is 0 Å². The fourth-order valence-corrected chi connectivity index (χ4v) is 3.46. The molecule has 6 nitrogen and oxygen atoms in total. The Balaban J connectivity index is 1.26. The summed E-state index contributed by atoms with van der Waals surface area (Å²) in [5.74, 6) is 2.48. The first-order chi connectivity index (χ1) is 16.6. The van der Waals surface area contributed by atoms with E-state index in [1.54, 1.807) is 13.3 Å². The molecule has 0 fully saturated rings. The van der Waals surface area contributed by atoms with Crippen LogP contribution in [0.5, 0.6) is 11.5 Å². The summed E-state index contributed by atoms with van der Waals surface area (Å²) in [5, 5.41) is 2.94. The van der Waals surface area contributed by atoms with E-state index in [1.807, 2.05) is 79.7 Å². The van der Waals surface area contributed by atoms with Gasteiger partial charge in [-0.05, 0) is 30.2 Å². The van der Waals surface area contributed by atoms with Crippen molar-refractivity contribution in [3.05, 3.63) is 102 Å². The standard InChI is InChI=1S/C28H28N2O4/c1-20-8-11-23(12-9-20)26-18-30-28(34-26)15-14-27(31)29-17-22-10-13-24(25(16-22)32-2)33-19-21-6-4-3-5-7-21/h3-13,16,18H,14-15,17,19H2,1-2H3,(H,29,31). The fraction of sp³-hybridized carbons (Fsp3) is 0.214. The second-order valence-corrected chi connectivity index (χ2v) is 8.02. The third-order valence-electron chi connectivity index (χ3n) is 5.41. The van der Waals surface area contributed by atoms with Gasteiger partial charge in [0.1, 0.15) is 6.61 Å². The van der Waals surface area contributed by atoms with E-state index in [0.717, 1.165) is 16.7 Å². The Kier molecular flexibility index (Phi) is 7.60. The maximum absolute atomic E-state index is 12.3. The van der Waals surface area contributed by atoms with E-state index in [4.69, 9.17) is 13.9 Å². The maximum Gasteiger partial charge on any atom is 0.220 e. The van der Waals surface area contributed by atoms with E-state index >= 15 is 0 Å². The number of nitrogens with one attached hydrogen (secondary N) is 1. The lowest BCUT2D eigenvalue weighted by molar-refractivity contribution is -0.121. The number of amides is 1. The van der Waals surface area contributed by atoms with Crippen LogP contribution in [0.15, 0.2) is 83.4 Å². The van der Waals surface area contributed by atoms with Crippen LogP contribution in [0.3, 0.4) is 0 Å². The first kappa shape index (κ1) is 23.1. The number of aryl methyl sites for hydroxylation is 2. The maximum atomic E-state index is 12.3. The molecule has 1 aromatic heterocycles. The molecule has 0 saturated carbocycles. The third kappa shape index (κ3) is 6.25. The fourth-order valence-electron chi connectivity index (χ4n) is 3.46. The quantitative estimate of drug-likeness (QED) is 0.342. The molecule has 0 atom stereocenters. The van der Waals surface area contributed by atoms with Gasteiger partial charge in [0.15, 0.2) is 23.1 Å². The first-order valence-electron chi connectivity index (χ1n) is 11.2. The van der Waals surface area contributed by atoms with Crippen molar-refractivity contribution in [2.75, 3.05) is 7.11 Å². The van der Waals surface area contributed by atoms with Gasteiger partial charge < -0.3 is 19.2 Å². The van der Waals surface area contributed by atoms with Crippen molar-refractivity contribution in [1.29, 1.82) is 0 Å². The van der Waals surface area contributed by atoms with Gasteiger partial charge in [-0.1, -0.05) is 66.2 Å². The minimum atomic E-state index is -0.0709. The van der Waals surface area contributed by atoms with E-state index in [9.17, 15) is 4.79 Å². The molecule has 1 N–H and O–H groups in total. The normalized spacial score (nSPS) is 10.6. The molecule has 6 heteroatoms. The van der Waals surface area contributed by atoms with Gasteiger partial charge in [0.05, 0.1) is 13.3 Å². The summed E-state index contributed by atoms with van der Waals surface area (Å²) in [4.78, 5) is 16.6. The van der Waals surface area contributed by atoms with Crippen LogP contribution in [-0.2, 0) is 24.4 Å². The molecule has 0 aliphatic heterocycles. The van der Waals surface area contributed by atoms with Gasteiger partial charge in [-0.3, -0.25) is 4.79 Å². The minimum absolute atomic E-state index is 0.0709.